The molecule has 0 fully saturated rings. The second-order valence-corrected chi connectivity index (χ2v) is 2.70. The molecule has 11 heavy (non-hydrogen) atoms. The van der Waals surface area contributed by atoms with Crippen molar-refractivity contribution in [3.8, 4) is 0 Å². The fourth-order valence-electron chi connectivity index (χ4n) is 0.602. The molecular formula is C7H15FN2O. The number of rotatable bonds is 4. The summed E-state index contributed by atoms with van der Waals surface area (Å²) < 4.78 is 11.8. The van der Waals surface area contributed by atoms with Crippen LogP contribution in [0.15, 0.2) is 0 Å². The van der Waals surface area contributed by atoms with E-state index in [1.54, 1.807) is 13.8 Å². The van der Waals surface area contributed by atoms with Crippen LogP contribution in [0.25, 0.3) is 0 Å². The molecule has 0 amide bonds. The first-order valence-electron chi connectivity index (χ1n) is 3.61. The highest BCUT2D eigenvalue weighted by atomic mass is 19.1. The Bertz CT molecular complexity index is 130. The van der Waals surface area contributed by atoms with Gasteiger partial charge in [0.25, 0.3) is 0 Å². The third-order valence-corrected chi connectivity index (χ3v) is 1.50. The zero-order valence-electron chi connectivity index (χ0n) is 6.89. The average Bonchev–Trinajstić information content (AvgIpc) is 1.98. The number of hydrogen-bond acceptors (Lipinski definition) is 2. The lowest BCUT2D eigenvalue weighted by Gasteiger charge is -2.16. The Kier molecular flexibility index (Phi) is 4.77. The van der Waals surface area contributed by atoms with E-state index in [1.807, 2.05) is 0 Å². The van der Waals surface area contributed by atoms with Crippen LogP contribution >= 0.6 is 0 Å². The largest absolute Gasteiger partial charge is 0.390 e. The van der Waals surface area contributed by atoms with Crippen molar-refractivity contribution in [3.63, 3.8) is 0 Å². The first-order chi connectivity index (χ1) is 5.07. The van der Waals surface area contributed by atoms with E-state index in [9.17, 15) is 4.39 Å². The van der Waals surface area contributed by atoms with Gasteiger partial charge in [0.15, 0.2) is 0 Å². The Morgan fingerprint density at radius 3 is 2.64 bits per heavy atom. The lowest BCUT2D eigenvalue weighted by molar-refractivity contribution is 0.0900. The minimum Gasteiger partial charge on any atom is -0.390 e. The van der Waals surface area contributed by atoms with Gasteiger partial charge in [0.1, 0.15) is 6.67 Å². The summed E-state index contributed by atoms with van der Waals surface area (Å²) in [6, 6.07) is 0. The van der Waals surface area contributed by atoms with E-state index < -0.39 is 12.8 Å². The van der Waals surface area contributed by atoms with Gasteiger partial charge < -0.3 is 10.4 Å². The molecule has 0 aliphatic rings. The van der Waals surface area contributed by atoms with Crippen LogP contribution in [0.4, 0.5) is 4.39 Å². The van der Waals surface area contributed by atoms with E-state index >= 15 is 0 Å². The van der Waals surface area contributed by atoms with Gasteiger partial charge in [-0.3, -0.25) is 5.41 Å². The van der Waals surface area contributed by atoms with Gasteiger partial charge in [0, 0.05) is 12.5 Å². The number of alkyl halides is 1. The minimum atomic E-state index is -0.915. The molecule has 0 aromatic rings. The molecule has 66 valence electrons. The fourth-order valence-corrected chi connectivity index (χ4v) is 0.602. The Labute approximate surface area is 66.1 Å². The average molecular weight is 162 g/mol. The van der Waals surface area contributed by atoms with Crippen LogP contribution in [-0.2, 0) is 0 Å². The molecule has 0 heterocycles. The fraction of sp³-hybridized carbons (Fsp3) is 0.857. The first kappa shape index (κ1) is 10.4. The summed E-state index contributed by atoms with van der Waals surface area (Å²) in [5.41, 5.74) is 0. The molecule has 0 saturated carbocycles. The zero-order chi connectivity index (χ0) is 8.85. The van der Waals surface area contributed by atoms with E-state index in [4.69, 9.17) is 10.5 Å². The van der Waals surface area contributed by atoms with Crippen molar-refractivity contribution < 1.29 is 9.50 Å². The Hall–Kier alpha value is -0.640. The molecule has 0 aromatic heterocycles. The minimum absolute atomic E-state index is 0.153. The van der Waals surface area contributed by atoms with Crippen molar-refractivity contribution in [2.45, 2.75) is 20.0 Å². The predicted molar refractivity (Wildman–Crippen MR) is 42.5 cm³/mol. The summed E-state index contributed by atoms with van der Waals surface area (Å²) >= 11 is 0. The molecule has 4 heteroatoms. The van der Waals surface area contributed by atoms with Crippen LogP contribution in [0.2, 0.25) is 0 Å². The van der Waals surface area contributed by atoms with Crippen LogP contribution in [0.5, 0.6) is 0 Å². The number of halogens is 1. The zero-order valence-corrected chi connectivity index (χ0v) is 6.89. The highest BCUT2D eigenvalue weighted by Crippen LogP contribution is 2.01. The van der Waals surface area contributed by atoms with Crippen LogP contribution in [0, 0.1) is 11.3 Å². The van der Waals surface area contributed by atoms with Crippen molar-refractivity contribution in [3.05, 3.63) is 0 Å². The van der Waals surface area contributed by atoms with Crippen molar-refractivity contribution in [1.29, 1.82) is 5.41 Å². The number of aliphatic hydroxyl groups is 1. The standard InChI is InChI=1S/C7H15FN2O/c1-5(7(11)3-8)4-10-6(2)9/h5,7,11H,3-4H2,1-2H3,(H2,9,10). The molecule has 0 radical (unpaired) electrons. The summed E-state index contributed by atoms with van der Waals surface area (Å²) in [4.78, 5) is 0. The molecule has 0 bridgehead atoms. The number of aliphatic hydroxyl groups excluding tert-OH is 1. The quantitative estimate of drug-likeness (QED) is 0.417. The van der Waals surface area contributed by atoms with Crippen molar-refractivity contribution in [2.24, 2.45) is 5.92 Å². The predicted octanol–water partition coefficient (Wildman–Crippen LogP) is 0.540. The normalized spacial score (nSPS) is 15.6. The maximum Gasteiger partial charge on any atom is 0.116 e. The van der Waals surface area contributed by atoms with Crippen LogP contribution < -0.4 is 5.32 Å². The molecule has 0 spiro atoms. The second kappa shape index (κ2) is 5.07. The van der Waals surface area contributed by atoms with Crippen LogP contribution in [-0.4, -0.2) is 30.3 Å². The van der Waals surface area contributed by atoms with E-state index in [-0.39, 0.29) is 5.92 Å². The van der Waals surface area contributed by atoms with Crippen molar-refractivity contribution in [2.75, 3.05) is 13.2 Å². The lowest BCUT2D eigenvalue weighted by Crippen LogP contribution is -2.32. The van der Waals surface area contributed by atoms with E-state index in [2.05, 4.69) is 5.32 Å². The first-order valence-corrected chi connectivity index (χ1v) is 3.61. The Morgan fingerprint density at radius 1 is 1.73 bits per heavy atom. The summed E-state index contributed by atoms with van der Waals surface area (Å²) in [5, 5.41) is 18.7. The SMILES string of the molecule is CC(=N)NCC(C)C(O)CF. The third-order valence-electron chi connectivity index (χ3n) is 1.50. The van der Waals surface area contributed by atoms with Gasteiger partial charge in [-0.2, -0.15) is 0 Å². The van der Waals surface area contributed by atoms with Crippen LogP contribution in [0.1, 0.15) is 13.8 Å². The van der Waals surface area contributed by atoms with Gasteiger partial charge in [-0.1, -0.05) is 6.92 Å². The maximum absolute atomic E-state index is 11.8. The smallest absolute Gasteiger partial charge is 0.116 e. The monoisotopic (exact) mass is 162 g/mol. The topological polar surface area (TPSA) is 56.1 Å². The molecule has 0 rings (SSSR count). The summed E-state index contributed by atoms with van der Waals surface area (Å²) in [5.74, 6) is 0.184. The second-order valence-electron chi connectivity index (χ2n) is 2.70. The van der Waals surface area contributed by atoms with Gasteiger partial charge >= 0.3 is 0 Å². The van der Waals surface area contributed by atoms with Crippen LogP contribution in [0.3, 0.4) is 0 Å². The van der Waals surface area contributed by atoms with Crippen molar-refractivity contribution >= 4 is 5.84 Å². The van der Waals surface area contributed by atoms with Gasteiger partial charge in [-0.25, -0.2) is 4.39 Å². The molecule has 3 nitrogen and oxygen atoms in total. The molecule has 0 aliphatic heterocycles. The summed E-state index contributed by atoms with van der Waals surface area (Å²) in [6.45, 7) is 3.06. The summed E-state index contributed by atoms with van der Waals surface area (Å²) in [6.07, 6.45) is -0.915. The molecule has 3 N–H and O–H groups in total. The molecule has 0 saturated heterocycles. The molecule has 2 atom stereocenters. The lowest BCUT2D eigenvalue weighted by atomic mass is 10.1. The Balaban J connectivity index is 3.51. The molecule has 0 aromatic carbocycles. The van der Waals surface area contributed by atoms with Gasteiger partial charge in [0.05, 0.1) is 11.9 Å². The third kappa shape index (κ3) is 4.72. The highest BCUT2D eigenvalue weighted by molar-refractivity contribution is 5.75. The number of amidine groups is 1. The van der Waals surface area contributed by atoms with Gasteiger partial charge in [-0.15, -0.1) is 0 Å². The van der Waals surface area contributed by atoms with E-state index in [1.165, 1.54) is 0 Å². The molecule has 0 aliphatic carbocycles. The molecule has 2 unspecified atom stereocenters. The Morgan fingerprint density at radius 2 is 2.27 bits per heavy atom. The highest BCUT2D eigenvalue weighted by Gasteiger charge is 2.12. The van der Waals surface area contributed by atoms with Gasteiger partial charge in [-0.05, 0) is 6.92 Å². The van der Waals surface area contributed by atoms with Crippen molar-refractivity contribution in [1.82, 2.24) is 5.32 Å². The van der Waals surface area contributed by atoms with Gasteiger partial charge in [0.2, 0.25) is 0 Å². The number of nitrogens with one attached hydrogen (secondary N) is 2. The molecular weight excluding hydrogens is 147 g/mol. The maximum atomic E-state index is 11.8. The number of hydrogen-bond donors (Lipinski definition) is 3. The van der Waals surface area contributed by atoms with E-state index in [0.29, 0.717) is 12.4 Å². The summed E-state index contributed by atoms with van der Waals surface area (Å²) in [7, 11) is 0. The van der Waals surface area contributed by atoms with E-state index in [0.717, 1.165) is 0 Å².